The first kappa shape index (κ1) is 13.1. The molecule has 0 aliphatic carbocycles. The van der Waals surface area contributed by atoms with Gasteiger partial charge in [0.2, 0.25) is 0 Å². The fraction of sp³-hybridized carbons (Fsp3) is 0.188. The van der Waals surface area contributed by atoms with Gasteiger partial charge in [-0.3, -0.25) is 0 Å². The zero-order valence-corrected chi connectivity index (χ0v) is 11.6. The minimum absolute atomic E-state index is 0.272. The van der Waals surface area contributed by atoms with E-state index in [4.69, 9.17) is 11.6 Å². The lowest BCUT2D eigenvalue weighted by Crippen LogP contribution is -2.05. The van der Waals surface area contributed by atoms with Crippen molar-refractivity contribution in [3.05, 3.63) is 65.7 Å². The smallest absolute Gasteiger partial charge is 0.125 e. The molecule has 0 saturated carbocycles. The van der Waals surface area contributed by atoms with Crippen LogP contribution in [0.4, 0.5) is 4.39 Å². The van der Waals surface area contributed by atoms with E-state index in [0.29, 0.717) is 11.4 Å². The predicted octanol–water partition coefficient (Wildman–Crippen LogP) is 4.16. The number of rotatable bonds is 4. The van der Waals surface area contributed by atoms with Crippen molar-refractivity contribution in [2.45, 2.75) is 18.8 Å². The van der Waals surface area contributed by atoms with Crippen LogP contribution in [0, 0.1) is 5.82 Å². The predicted molar refractivity (Wildman–Crippen MR) is 79.4 cm³/mol. The van der Waals surface area contributed by atoms with Crippen molar-refractivity contribution < 1.29 is 4.39 Å². The Bertz CT molecular complexity index is 722. The lowest BCUT2D eigenvalue weighted by Gasteiger charge is -2.07. The number of nitrogens with zero attached hydrogens (tertiary/aromatic N) is 2. The molecule has 2 nitrogen and oxygen atoms in total. The molecule has 0 amide bonds. The average molecular weight is 289 g/mol. The number of imidazole rings is 1. The van der Waals surface area contributed by atoms with Gasteiger partial charge in [0.05, 0.1) is 16.9 Å². The van der Waals surface area contributed by atoms with E-state index in [-0.39, 0.29) is 5.82 Å². The highest BCUT2D eigenvalue weighted by Gasteiger charge is 2.10. The van der Waals surface area contributed by atoms with E-state index in [1.54, 1.807) is 6.07 Å². The fourth-order valence-electron chi connectivity index (χ4n) is 2.39. The molecule has 0 fully saturated rings. The van der Waals surface area contributed by atoms with Crippen molar-refractivity contribution >= 4 is 22.6 Å². The number of benzene rings is 2. The third-order valence-corrected chi connectivity index (χ3v) is 3.61. The monoisotopic (exact) mass is 288 g/mol. The average Bonchev–Trinajstić information content (AvgIpc) is 2.83. The quantitative estimate of drug-likeness (QED) is 0.659. The Morgan fingerprint density at radius 1 is 1.10 bits per heavy atom. The lowest BCUT2D eigenvalue weighted by atomic mass is 10.1. The summed E-state index contributed by atoms with van der Waals surface area (Å²) in [6.07, 6.45) is 0.896. The summed E-state index contributed by atoms with van der Waals surface area (Å²) in [5.41, 5.74) is 2.85. The van der Waals surface area contributed by atoms with Gasteiger partial charge < -0.3 is 4.57 Å². The Hall–Kier alpha value is -1.87. The van der Waals surface area contributed by atoms with Crippen LogP contribution in [0.2, 0.25) is 0 Å². The zero-order chi connectivity index (χ0) is 13.9. The lowest BCUT2D eigenvalue weighted by molar-refractivity contribution is 0.629. The van der Waals surface area contributed by atoms with Crippen LogP contribution >= 0.6 is 11.6 Å². The second-order valence-corrected chi connectivity index (χ2v) is 4.95. The zero-order valence-electron chi connectivity index (χ0n) is 10.9. The van der Waals surface area contributed by atoms with Crippen LogP contribution in [-0.4, -0.2) is 9.55 Å². The van der Waals surface area contributed by atoms with E-state index in [2.05, 4.69) is 21.7 Å². The standard InChI is InChI=1S/C16H14ClFN2/c17-11-16-19-14-10-13(18)6-7-15(14)20(16)9-8-12-4-2-1-3-5-12/h1-7,10H,8-9,11H2. The number of aromatic nitrogens is 2. The van der Waals surface area contributed by atoms with Gasteiger partial charge in [0.15, 0.2) is 0 Å². The Morgan fingerprint density at radius 3 is 2.65 bits per heavy atom. The molecule has 0 spiro atoms. The summed E-state index contributed by atoms with van der Waals surface area (Å²) in [5, 5.41) is 0. The van der Waals surface area contributed by atoms with Gasteiger partial charge in [0, 0.05) is 12.6 Å². The van der Waals surface area contributed by atoms with Gasteiger partial charge in [-0.05, 0) is 24.1 Å². The highest BCUT2D eigenvalue weighted by atomic mass is 35.5. The SMILES string of the molecule is Fc1ccc2c(c1)nc(CCl)n2CCc1ccccc1. The highest BCUT2D eigenvalue weighted by Crippen LogP contribution is 2.19. The Kier molecular flexibility index (Phi) is 3.70. The number of alkyl halides is 1. The maximum atomic E-state index is 13.3. The third-order valence-electron chi connectivity index (χ3n) is 3.38. The molecule has 0 N–H and O–H groups in total. The number of halogens is 2. The van der Waals surface area contributed by atoms with Crippen molar-refractivity contribution in [2.75, 3.05) is 0 Å². The third kappa shape index (κ3) is 2.54. The van der Waals surface area contributed by atoms with Crippen LogP contribution in [0.3, 0.4) is 0 Å². The van der Waals surface area contributed by atoms with Crippen LogP contribution in [0.15, 0.2) is 48.5 Å². The summed E-state index contributed by atoms with van der Waals surface area (Å²) in [6, 6.07) is 14.9. The first-order valence-corrected chi connectivity index (χ1v) is 7.06. The first-order chi connectivity index (χ1) is 9.78. The molecule has 0 unspecified atom stereocenters. The summed E-state index contributed by atoms with van der Waals surface area (Å²) in [7, 11) is 0. The van der Waals surface area contributed by atoms with Gasteiger partial charge in [-0.1, -0.05) is 30.3 Å². The minimum Gasteiger partial charge on any atom is -0.327 e. The molecule has 102 valence electrons. The van der Waals surface area contributed by atoms with Crippen LogP contribution < -0.4 is 0 Å². The molecule has 1 aromatic heterocycles. The molecule has 20 heavy (non-hydrogen) atoms. The Balaban J connectivity index is 1.93. The first-order valence-electron chi connectivity index (χ1n) is 6.52. The van der Waals surface area contributed by atoms with Gasteiger partial charge in [-0.2, -0.15) is 0 Å². The molecule has 3 rings (SSSR count). The molecular weight excluding hydrogens is 275 g/mol. The van der Waals surface area contributed by atoms with Crippen LogP contribution in [0.1, 0.15) is 11.4 Å². The Labute approximate surface area is 121 Å². The van der Waals surface area contributed by atoms with E-state index < -0.39 is 0 Å². The molecule has 3 aromatic rings. The molecule has 0 atom stereocenters. The van der Waals surface area contributed by atoms with Crippen LogP contribution in [0.25, 0.3) is 11.0 Å². The summed E-state index contributed by atoms with van der Waals surface area (Å²) in [6.45, 7) is 0.786. The van der Waals surface area contributed by atoms with Crippen molar-refractivity contribution in [1.29, 1.82) is 0 Å². The van der Waals surface area contributed by atoms with Gasteiger partial charge >= 0.3 is 0 Å². The van der Waals surface area contributed by atoms with E-state index in [1.807, 2.05) is 18.2 Å². The van der Waals surface area contributed by atoms with E-state index in [1.165, 1.54) is 17.7 Å². The van der Waals surface area contributed by atoms with Crippen molar-refractivity contribution in [1.82, 2.24) is 9.55 Å². The molecule has 1 heterocycles. The molecular formula is C16H14ClFN2. The van der Waals surface area contributed by atoms with Crippen LogP contribution in [0.5, 0.6) is 0 Å². The Morgan fingerprint density at radius 2 is 1.90 bits per heavy atom. The van der Waals surface area contributed by atoms with E-state index in [9.17, 15) is 4.39 Å². The maximum Gasteiger partial charge on any atom is 0.125 e. The maximum absolute atomic E-state index is 13.3. The summed E-state index contributed by atoms with van der Waals surface area (Å²) in [4.78, 5) is 4.40. The second-order valence-electron chi connectivity index (χ2n) is 4.68. The molecule has 0 aliphatic heterocycles. The largest absolute Gasteiger partial charge is 0.327 e. The molecule has 4 heteroatoms. The molecule has 0 bridgehead atoms. The van der Waals surface area contributed by atoms with Gasteiger partial charge in [-0.15, -0.1) is 11.6 Å². The van der Waals surface area contributed by atoms with Gasteiger partial charge in [-0.25, -0.2) is 9.37 Å². The van der Waals surface area contributed by atoms with Crippen molar-refractivity contribution in [2.24, 2.45) is 0 Å². The minimum atomic E-state index is -0.272. The number of hydrogen-bond donors (Lipinski definition) is 0. The molecule has 0 aliphatic rings. The second kappa shape index (κ2) is 5.63. The number of hydrogen-bond acceptors (Lipinski definition) is 1. The summed E-state index contributed by atoms with van der Waals surface area (Å²) >= 11 is 5.95. The number of fused-ring (bicyclic) bond motifs is 1. The van der Waals surface area contributed by atoms with Gasteiger partial charge in [0.1, 0.15) is 11.6 Å². The molecule has 2 aromatic carbocycles. The van der Waals surface area contributed by atoms with Crippen molar-refractivity contribution in [3.8, 4) is 0 Å². The topological polar surface area (TPSA) is 17.8 Å². The van der Waals surface area contributed by atoms with Gasteiger partial charge in [0.25, 0.3) is 0 Å². The normalized spacial score (nSPS) is 11.1. The highest BCUT2D eigenvalue weighted by molar-refractivity contribution is 6.16. The number of aryl methyl sites for hydroxylation is 2. The molecule has 0 saturated heterocycles. The van der Waals surface area contributed by atoms with E-state index in [0.717, 1.165) is 24.3 Å². The molecule has 0 radical (unpaired) electrons. The van der Waals surface area contributed by atoms with Crippen LogP contribution in [-0.2, 0) is 18.8 Å². The van der Waals surface area contributed by atoms with E-state index >= 15 is 0 Å². The fourth-order valence-corrected chi connectivity index (χ4v) is 2.59. The van der Waals surface area contributed by atoms with Crippen molar-refractivity contribution in [3.63, 3.8) is 0 Å². The summed E-state index contributed by atoms with van der Waals surface area (Å²) in [5.74, 6) is 0.833. The summed E-state index contributed by atoms with van der Waals surface area (Å²) < 4.78 is 15.3.